The normalized spacial score (nSPS) is 10.2. The van der Waals surface area contributed by atoms with Crippen LogP contribution in [0.4, 0.5) is 0 Å². The molecule has 0 fully saturated rings. The summed E-state index contributed by atoms with van der Waals surface area (Å²) >= 11 is 0. The number of benzene rings is 1. The maximum absolute atomic E-state index is 8.59. The van der Waals surface area contributed by atoms with Crippen LogP contribution >= 0.6 is 0 Å². The van der Waals surface area contributed by atoms with E-state index in [1.165, 1.54) is 11.1 Å². The van der Waals surface area contributed by atoms with Crippen molar-refractivity contribution < 1.29 is 4.74 Å². The summed E-state index contributed by atoms with van der Waals surface area (Å²) in [6.45, 7) is 3.36. The maximum atomic E-state index is 8.59. The van der Waals surface area contributed by atoms with Gasteiger partial charge in [0.25, 0.3) is 0 Å². The summed E-state index contributed by atoms with van der Waals surface area (Å²) in [6.07, 6.45) is 0.957. The second kappa shape index (κ2) is 6.14. The Kier molecular flexibility index (Phi) is 4.81. The first-order valence-corrected chi connectivity index (χ1v) is 5.42. The average molecular weight is 218 g/mol. The number of methoxy groups -OCH3 is 1. The highest BCUT2D eigenvalue weighted by atomic mass is 16.5. The van der Waals surface area contributed by atoms with Gasteiger partial charge in [0, 0.05) is 6.54 Å². The van der Waals surface area contributed by atoms with Crippen molar-refractivity contribution in [3.63, 3.8) is 0 Å². The first kappa shape index (κ1) is 12.5. The van der Waals surface area contributed by atoms with Gasteiger partial charge in [-0.3, -0.25) is 4.90 Å². The zero-order valence-corrected chi connectivity index (χ0v) is 10.2. The van der Waals surface area contributed by atoms with Crippen molar-refractivity contribution in [3.05, 3.63) is 29.3 Å². The summed E-state index contributed by atoms with van der Waals surface area (Å²) in [6, 6.07) is 8.33. The highest BCUT2D eigenvalue weighted by Crippen LogP contribution is 2.20. The molecule has 0 aliphatic heterocycles. The van der Waals surface area contributed by atoms with Gasteiger partial charge < -0.3 is 4.74 Å². The Bertz CT molecular complexity index is 382. The number of aryl methyl sites for hydroxylation is 1. The fraction of sp³-hybridized carbons (Fsp3) is 0.462. The highest BCUT2D eigenvalue weighted by Gasteiger charge is 2.04. The molecule has 1 aromatic carbocycles. The fourth-order valence-electron chi connectivity index (χ4n) is 1.69. The van der Waals surface area contributed by atoms with E-state index in [4.69, 9.17) is 10.00 Å². The van der Waals surface area contributed by atoms with Crippen LogP contribution in [-0.4, -0.2) is 25.6 Å². The lowest BCUT2D eigenvalue weighted by Crippen LogP contribution is -2.17. The van der Waals surface area contributed by atoms with Crippen LogP contribution in [0.5, 0.6) is 5.75 Å². The van der Waals surface area contributed by atoms with Crippen LogP contribution in [-0.2, 0) is 13.0 Å². The van der Waals surface area contributed by atoms with Gasteiger partial charge in [0.1, 0.15) is 5.75 Å². The molecule has 0 aliphatic carbocycles. The lowest BCUT2D eigenvalue weighted by atomic mass is 10.1. The predicted octanol–water partition coefficient (Wildman–Crippen LogP) is 2.21. The molecule has 0 N–H and O–H groups in total. The minimum atomic E-state index is 0.452. The number of nitriles is 1. The molecule has 0 radical (unpaired) electrons. The third-order valence-corrected chi connectivity index (χ3v) is 2.52. The van der Waals surface area contributed by atoms with E-state index >= 15 is 0 Å². The van der Waals surface area contributed by atoms with Gasteiger partial charge >= 0.3 is 0 Å². The van der Waals surface area contributed by atoms with Crippen molar-refractivity contribution in [2.45, 2.75) is 19.9 Å². The van der Waals surface area contributed by atoms with Crippen LogP contribution in [0.15, 0.2) is 18.2 Å². The Morgan fingerprint density at radius 2 is 2.19 bits per heavy atom. The monoisotopic (exact) mass is 218 g/mol. The molecule has 0 saturated heterocycles. The van der Waals surface area contributed by atoms with Gasteiger partial charge in [-0.1, -0.05) is 19.1 Å². The average Bonchev–Trinajstić information content (AvgIpc) is 2.29. The Labute approximate surface area is 97.3 Å². The van der Waals surface area contributed by atoms with Crippen molar-refractivity contribution >= 4 is 0 Å². The second-order valence-corrected chi connectivity index (χ2v) is 3.83. The minimum Gasteiger partial charge on any atom is -0.496 e. The Hall–Kier alpha value is -1.53. The van der Waals surface area contributed by atoms with Gasteiger partial charge in [-0.05, 0) is 30.7 Å². The molecule has 0 aromatic heterocycles. The SMILES string of the molecule is CCc1cc(CN(C)CC#N)ccc1OC. The Morgan fingerprint density at radius 3 is 2.75 bits per heavy atom. The van der Waals surface area contributed by atoms with E-state index < -0.39 is 0 Å². The molecule has 1 rings (SSSR count). The lowest BCUT2D eigenvalue weighted by Gasteiger charge is -2.14. The van der Waals surface area contributed by atoms with E-state index in [1.54, 1.807) is 7.11 Å². The molecule has 0 amide bonds. The highest BCUT2D eigenvalue weighted by molar-refractivity contribution is 5.37. The number of hydrogen-bond donors (Lipinski definition) is 0. The summed E-state index contributed by atoms with van der Waals surface area (Å²) in [5, 5.41) is 8.59. The maximum Gasteiger partial charge on any atom is 0.122 e. The molecule has 0 atom stereocenters. The van der Waals surface area contributed by atoms with Crippen molar-refractivity contribution in [1.82, 2.24) is 4.90 Å². The standard InChI is InChI=1S/C13H18N2O/c1-4-12-9-11(5-6-13(12)16-3)10-15(2)8-7-14/h5-6,9H,4,8,10H2,1-3H3. The number of nitrogens with zero attached hydrogens (tertiary/aromatic N) is 2. The van der Waals surface area contributed by atoms with Crippen LogP contribution in [0.25, 0.3) is 0 Å². The van der Waals surface area contributed by atoms with Crippen molar-refractivity contribution in [2.24, 2.45) is 0 Å². The summed E-state index contributed by atoms with van der Waals surface area (Å²) in [5.41, 5.74) is 2.43. The van der Waals surface area contributed by atoms with Gasteiger partial charge in [-0.25, -0.2) is 0 Å². The lowest BCUT2D eigenvalue weighted by molar-refractivity contribution is 0.366. The van der Waals surface area contributed by atoms with Gasteiger partial charge in [0.05, 0.1) is 19.7 Å². The third-order valence-electron chi connectivity index (χ3n) is 2.52. The topological polar surface area (TPSA) is 36.3 Å². The zero-order chi connectivity index (χ0) is 12.0. The van der Waals surface area contributed by atoms with Gasteiger partial charge in [0.2, 0.25) is 0 Å². The quantitative estimate of drug-likeness (QED) is 0.711. The molecule has 86 valence electrons. The molecule has 0 spiro atoms. The number of hydrogen-bond acceptors (Lipinski definition) is 3. The van der Waals surface area contributed by atoms with E-state index in [0.717, 1.165) is 18.7 Å². The molecule has 3 nitrogen and oxygen atoms in total. The van der Waals surface area contributed by atoms with Gasteiger partial charge in [0.15, 0.2) is 0 Å². The molecular weight excluding hydrogens is 200 g/mol. The molecule has 0 heterocycles. The molecule has 0 unspecified atom stereocenters. The largest absolute Gasteiger partial charge is 0.496 e. The summed E-state index contributed by atoms with van der Waals surface area (Å²) < 4.78 is 5.28. The number of ether oxygens (including phenoxy) is 1. The van der Waals surface area contributed by atoms with Crippen molar-refractivity contribution in [2.75, 3.05) is 20.7 Å². The molecule has 16 heavy (non-hydrogen) atoms. The van der Waals surface area contributed by atoms with Gasteiger partial charge in [-0.2, -0.15) is 5.26 Å². The summed E-state index contributed by atoms with van der Waals surface area (Å²) in [4.78, 5) is 1.99. The molecule has 1 aromatic rings. The van der Waals surface area contributed by atoms with E-state index in [2.05, 4.69) is 19.1 Å². The molecule has 0 bridgehead atoms. The van der Waals surface area contributed by atoms with Crippen LogP contribution in [0.2, 0.25) is 0 Å². The van der Waals surface area contributed by atoms with Crippen LogP contribution in [0.1, 0.15) is 18.1 Å². The van der Waals surface area contributed by atoms with Crippen molar-refractivity contribution in [1.29, 1.82) is 5.26 Å². The smallest absolute Gasteiger partial charge is 0.122 e. The van der Waals surface area contributed by atoms with Crippen molar-refractivity contribution in [3.8, 4) is 11.8 Å². The second-order valence-electron chi connectivity index (χ2n) is 3.83. The van der Waals surface area contributed by atoms with Crippen LogP contribution in [0.3, 0.4) is 0 Å². The Morgan fingerprint density at radius 1 is 1.44 bits per heavy atom. The third kappa shape index (κ3) is 3.25. The van der Waals surface area contributed by atoms with Gasteiger partial charge in [-0.15, -0.1) is 0 Å². The summed E-state index contributed by atoms with van der Waals surface area (Å²) in [5.74, 6) is 0.939. The molecule has 3 heteroatoms. The molecule has 0 aliphatic rings. The first-order valence-electron chi connectivity index (χ1n) is 5.42. The molecule has 0 saturated carbocycles. The summed E-state index contributed by atoms with van der Waals surface area (Å²) in [7, 11) is 3.63. The molecular formula is C13H18N2O. The fourth-order valence-corrected chi connectivity index (χ4v) is 1.69. The Balaban J connectivity index is 2.79. The zero-order valence-electron chi connectivity index (χ0n) is 10.2. The first-order chi connectivity index (χ1) is 7.71. The van der Waals surface area contributed by atoms with E-state index in [1.807, 2.05) is 24.1 Å². The number of rotatable bonds is 5. The minimum absolute atomic E-state index is 0.452. The van der Waals surface area contributed by atoms with E-state index in [0.29, 0.717) is 6.54 Å². The van der Waals surface area contributed by atoms with Crippen LogP contribution in [0, 0.1) is 11.3 Å². The van der Waals surface area contributed by atoms with Crippen LogP contribution < -0.4 is 4.74 Å². The van der Waals surface area contributed by atoms with E-state index in [-0.39, 0.29) is 0 Å². The van der Waals surface area contributed by atoms with E-state index in [9.17, 15) is 0 Å². The predicted molar refractivity (Wildman–Crippen MR) is 64.3 cm³/mol.